The molecule has 0 aliphatic rings. The maximum atomic E-state index is 13.1. The van der Waals surface area contributed by atoms with Gasteiger partial charge in [0, 0.05) is 11.8 Å². The number of carbonyl (C=O) groups excluding carboxylic acids is 1. The number of benzene rings is 1. The molecule has 0 fully saturated rings. The predicted octanol–water partition coefficient (Wildman–Crippen LogP) is 4.10. The predicted molar refractivity (Wildman–Crippen MR) is 91.7 cm³/mol. The number of carbonyl (C=O) groups is 1. The summed E-state index contributed by atoms with van der Waals surface area (Å²) in [6.45, 7) is 0.221. The number of rotatable bonds is 4. The quantitative estimate of drug-likeness (QED) is 0.491. The molecule has 0 amide bonds. The summed E-state index contributed by atoms with van der Waals surface area (Å²) >= 11 is 1.08. The zero-order valence-electron chi connectivity index (χ0n) is 13.3. The SMILES string of the molecule is O=COc1csc(-n2nc(-c3ccccc3)c3ncc(C(F)(F)F)cc32)n1. The first-order chi connectivity index (χ1) is 13.0. The number of aromatic nitrogens is 4. The van der Waals surface area contributed by atoms with E-state index in [4.69, 9.17) is 0 Å². The van der Waals surface area contributed by atoms with Crippen molar-refractivity contribution in [2.24, 2.45) is 0 Å². The van der Waals surface area contributed by atoms with Crippen LogP contribution < -0.4 is 4.74 Å². The van der Waals surface area contributed by atoms with Crippen molar-refractivity contribution in [2.75, 3.05) is 0 Å². The van der Waals surface area contributed by atoms with Gasteiger partial charge in [-0.1, -0.05) is 41.7 Å². The van der Waals surface area contributed by atoms with Crippen LogP contribution in [0.15, 0.2) is 48.0 Å². The van der Waals surface area contributed by atoms with Crippen LogP contribution in [0.4, 0.5) is 13.2 Å². The lowest BCUT2D eigenvalue weighted by Crippen LogP contribution is -2.06. The number of fused-ring (bicyclic) bond motifs is 1. The average Bonchev–Trinajstić information content (AvgIpc) is 3.26. The van der Waals surface area contributed by atoms with Gasteiger partial charge in [-0.2, -0.15) is 23.3 Å². The van der Waals surface area contributed by atoms with Crippen molar-refractivity contribution in [3.63, 3.8) is 0 Å². The molecule has 136 valence electrons. The molecule has 10 heteroatoms. The Bertz CT molecular complexity index is 1120. The van der Waals surface area contributed by atoms with Crippen molar-refractivity contribution in [3.8, 4) is 22.3 Å². The topological polar surface area (TPSA) is 69.9 Å². The van der Waals surface area contributed by atoms with Gasteiger partial charge in [-0.05, 0) is 6.07 Å². The van der Waals surface area contributed by atoms with Gasteiger partial charge in [0.25, 0.3) is 6.47 Å². The number of hydrogen-bond acceptors (Lipinski definition) is 6. The minimum Gasteiger partial charge on any atom is -0.409 e. The molecule has 0 saturated carbocycles. The molecule has 27 heavy (non-hydrogen) atoms. The molecule has 0 spiro atoms. The summed E-state index contributed by atoms with van der Waals surface area (Å²) in [6.07, 6.45) is -3.76. The summed E-state index contributed by atoms with van der Waals surface area (Å²) in [5, 5.41) is 6.13. The second-order valence-electron chi connectivity index (χ2n) is 5.40. The first-order valence-corrected chi connectivity index (χ1v) is 8.43. The minimum absolute atomic E-state index is 0.0369. The molecule has 0 aliphatic heterocycles. The lowest BCUT2D eigenvalue weighted by atomic mass is 10.1. The Morgan fingerprint density at radius 3 is 2.67 bits per heavy atom. The highest BCUT2D eigenvalue weighted by Crippen LogP contribution is 2.35. The van der Waals surface area contributed by atoms with Gasteiger partial charge in [0.1, 0.15) is 11.2 Å². The largest absolute Gasteiger partial charge is 0.417 e. The van der Waals surface area contributed by atoms with E-state index in [1.165, 1.54) is 10.1 Å². The molecule has 6 nitrogen and oxygen atoms in total. The van der Waals surface area contributed by atoms with E-state index in [2.05, 4.69) is 19.8 Å². The molecule has 0 atom stereocenters. The van der Waals surface area contributed by atoms with E-state index in [-0.39, 0.29) is 23.0 Å². The third-order valence-corrected chi connectivity index (χ3v) is 4.51. The molecular weight excluding hydrogens is 381 g/mol. The van der Waals surface area contributed by atoms with Crippen molar-refractivity contribution < 1.29 is 22.7 Å². The Hall–Kier alpha value is -3.27. The molecule has 0 unspecified atom stereocenters. The standard InChI is InChI=1S/C17H9F3N4O2S/c18-17(19,20)11-6-12-15(21-7-11)14(10-4-2-1-3-5-10)23-24(12)16-22-13(8-27-16)26-9-25/h1-9H. The van der Waals surface area contributed by atoms with Gasteiger partial charge in [-0.15, -0.1) is 0 Å². The number of hydrogen-bond donors (Lipinski definition) is 0. The van der Waals surface area contributed by atoms with E-state index in [9.17, 15) is 18.0 Å². The third kappa shape index (κ3) is 3.14. The second-order valence-corrected chi connectivity index (χ2v) is 6.23. The molecule has 1 aromatic carbocycles. The maximum Gasteiger partial charge on any atom is 0.417 e. The fraction of sp³-hybridized carbons (Fsp3) is 0.0588. The molecule has 0 radical (unpaired) electrons. The summed E-state index contributed by atoms with van der Waals surface area (Å²) in [6, 6.07) is 9.96. The Morgan fingerprint density at radius 1 is 1.19 bits per heavy atom. The van der Waals surface area contributed by atoms with Gasteiger partial charge in [0.2, 0.25) is 11.0 Å². The molecule has 0 bridgehead atoms. The lowest BCUT2D eigenvalue weighted by Gasteiger charge is -2.06. The van der Waals surface area contributed by atoms with Crippen LogP contribution in [0.1, 0.15) is 5.56 Å². The highest BCUT2D eigenvalue weighted by Gasteiger charge is 2.32. The van der Waals surface area contributed by atoms with E-state index in [1.807, 2.05) is 6.07 Å². The van der Waals surface area contributed by atoms with Crippen LogP contribution in [0, 0.1) is 0 Å². The minimum atomic E-state index is -4.54. The van der Waals surface area contributed by atoms with E-state index < -0.39 is 11.7 Å². The summed E-state index contributed by atoms with van der Waals surface area (Å²) in [4.78, 5) is 18.5. The van der Waals surface area contributed by atoms with Gasteiger partial charge in [0.15, 0.2) is 0 Å². The van der Waals surface area contributed by atoms with Crippen molar-refractivity contribution in [1.29, 1.82) is 0 Å². The van der Waals surface area contributed by atoms with Crippen LogP contribution in [0.25, 0.3) is 27.4 Å². The monoisotopic (exact) mass is 390 g/mol. The molecule has 3 aromatic heterocycles. The Morgan fingerprint density at radius 2 is 1.96 bits per heavy atom. The maximum absolute atomic E-state index is 13.1. The number of pyridine rings is 1. The molecule has 0 aliphatic carbocycles. The fourth-order valence-electron chi connectivity index (χ4n) is 2.54. The van der Waals surface area contributed by atoms with E-state index in [1.54, 1.807) is 24.3 Å². The van der Waals surface area contributed by atoms with Crippen molar-refractivity contribution in [3.05, 3.63) is 53.5 Å². The molecular formula is C17H9F3N4O2S. The first kappa shape index (κ1) is 17.2. The summed E-state index contributed by atoms with van der Waals surface area (Å²) in [5.74, 6) is 0.0369. The Kier molecular flexibility index (Phi) is 4.11. The van der Waals surface area contributed by atoms with E-state index >= 15 is 0 Å². The lowest BCUT2D eigenvalue weighted by molar-refractivity contribution is -0.137. The highest BCUT2D eigenvalue weighted by molar-refractivity contribution is 7.12. The number of alkyl halides is 3. The molecule has 0 N–H and O–H groups in total. The fourth-order valence-corrected chi connectivity index (χ4v) is 3.24. The molecule has 4 aromatic rings. The number of ether oxygens (including phenoxy) is 1. The smallest absolute Gasteiger partial charge is 0.409 e. The van der Waals surface area contributed by atoms with Crippen molar-refractivity contribution in [2.45, 2.75) is 6.18 Å². The van der Waals surface area contributed by atoms with Gasteiger partial charge in [0.05, 0.1) is 16.5 Å². The third-order valence-electron chi connectivity index (χ3n) is 3.72. The van der Waals surface area contributed by atoms with Gasteiger partial charge < -0.3 is 4.74 Å². The normalized spacial score (nSPS) is 11.7. The number of nitrogens with zero attached hydrogens (tertiary/aromatic N) is 4. The van der Waals surface area contributed by atoms with Crippen molar-refractivity contribution >= 4 is 28.8 Å². The highest BCUT2D eigenvalue weighted by atomic mass is 32.1. The Labute approximate surface area is 153 Å². The summed E-state index contributed by atoms with van der Waals surface area (Å²) in [5.41, 5.74) is 0.691. The van der Waals surface area contributed by atoms with Crippen LogP contribution in [0.3, 0.4) is 0 Å². The van der Waals surface area contributed by atoms with Crippen LogP contribution in [0.5, 0.6) is 5.88 Å². The van der Waals surface area contributed by atoms with Crippen molar-refractivity contribution in [1.82, 2.24) is 19.7 Å². The van der Waals surface area contributed by atoms with E-state index in [0.29, 0.717) is 16.8 Å². The first-order valence-electron chi connectivity index (χ1n) is 7.55. The zero-order valence-corrected chi connectivity index (χ0v) is 14.2. The Balaban J connectivity index is 1.96. The van der Waals surface area contributed by atoms with Crippen LogP contribution in [0.2, 0.25) is 0 Å². The van der Waals surface area contributed by atoms with Crippen LogP contribution in [-0.4, -0.2) is 26.2 Å². The van der Waals surface area contributed by atoms with E-state index in [0.717, 1.165) is 23.6 Å². The van der Waals surface area contributed by atoms with Crippen LogP contribution in [-0.2, 0) is 11.0 Å². The molecule has 4 rings (SSSR count). The number of thiazole rings is 1. The zero-order chi connectivity index (χ0) is 19.0. The van der Waals surface area contributed by atoms with Gasteiger partial charge in [-0.3, -0.25) is 9.78 Å². The van der Waals surface area contributed by atoms with Gasteiger partial charge >= 0.3 is 6.18 Å². The van der Waals surface area contributed by atoms with Gasteiger partial charge in [-0.25, -0.2) is 4.68 Å². The summed E-state index contributed by atoms with van der Waals surface area (Å²) < 4.78 is 45.4. The average molecular weight is 390 g/mol. The molecule has 3 heterocycles. The summed E-state index contributed by atoms with van der Waals surface area (Å²) in [7, 11) is 0. The number of halogens is 3. The van der Waals surface area contributed by atoms with Crippen LogP contribution >= 0.6 is 11.3 Å². The second kappa shape index (κ2) is 6.47. The molecule has 0 saturated heterocycles.